The predicted octanol–water partition coefficient (Wildman–Crippen LogP) is 5.08. The van der Waals surface area contributed by atoms with E-state index in [0.29, 0.717) is 19.7 Å². The van der Waals surface area contributed by atoms with Crippen molar-refractivity contribution in [2.75, 3.05) is 26.2 Å². The molecule has 168 valence electrons. The fourth-order valence-electron chi connectivity index (χ4n) is 3.99. The Bertz CT molecular complexity index is 1030. The molecule has 4 rings (SSSR count). The summed E-state index contributed by atoms with van der Waals surface area (Å²) in [5.41, 5.74) is 4.02. The number of hydrogen-bond donors (Lipinski definition) is 0. The number of amides is 1. The van der Waals surface area contributed by atoms with E-state index in [-0.39, 0.29) is 5.91 Å². The van der Waals surface area contributed by atoms with Crippen LogP contribution in [-0.4, -0.2) is 46.9 Å². The van der Waals surface area contributed by atoms with Crippen molar-refractivity contribution < 1.29 is 9.53 Å². The van der Waals surface area contributed by atoms with Crippen molar-refractivity contribution in [3.63, 3.8) is 0 Å². The van der Waals surface area contributed by atoms with Gasteiger partial charge >= 0.3 is 0 Å². The largest absolute Gasteiger partial charge is 0.486 e. The van der Waals surface area contributed by atoms with Crippen LogP contribution < -0.4 is 4.74 Å². The van der Waals surface area contributed by atoms with Gasteiger partial charge in [-0.1, -0.05) is 30.3 Å². The number of carbonyl (C=O) groups is 1. The van der Waals surface area contributed by atoms with Crippen LogP contribution in [0.3, 0.4) is 0 Å². The Morgan fingerprint density at radius 2 is 1.88 bits per heavy atom. The van der Waals surface area contributed by atoms with E-state index in [2.05, 4.69) is 24.8 Å². The molecule has 2 heterocycles. The lowest BCUT2D eigenvalue weighted by atomic mass is 10.1. The highest BCUT2D eigenvalue weighted by atomic mass is 32.1. The molecule has 0 bridgehead atoms. The number of hydrogen-bond acceptors (Lipinski definition) is 5. The monoisotopic (exact) mass is 449 g/mol. The molecule has 1 amide bonds. The number of aryl methyl sites for hydroxylation is 1. The van der Waals surface area contributed by atoms with E-state index in [1.807, 2.05) is 52.7 Å². The van der Waals surface area contributed by atoms with Crippen molar-refractivity contribution >= 4 is 17.2 Å². The molecule has 6 heteroatoms. The molecule has 5 nitrogen and oxygen atoms in total. The summed E-state index contributed by atoms with van der Waals surface area (Å²) in [6.45, 7) is 8.99. The number of thiazole rings is 1. The van der Waals surface area contributed by atoms with Gasteiger partial charge < -0.3 is 14.5 Å². The minimum absolute atomic E-state index is 0.0611. The van der Waals surface area contributed by atoms with Crippen LogP contribution in [0, 0.1) is 13.8 Å². The molecule has 2 aromatic carbocycles. The van der Waals surface area contributed by atoms with Gasteiger partial charge in [-0.05, 0) is 69.1 Å². The summed E-state index contributed by atoms with van der Waals surface area (Å²) in [5, 5.41) is 2.97. The zero-order chi connectivity index (χ0) is 22.3. The van der Waals surface area contributed by atoms with Crippen LogP contribution in [0.5, 0.6) is 5.75 Å². The van der Waals surface area contributed by atoms with Crippen molar-refractivity contribution in [3.8, 4) is 5.75 Å². The zero-order valence-corrected chi connectivity index (χ0v) is 19.7. The minimum atomic E-state index is 0.0611. The second kappa shape index (κ2) is 10.7. The Labute approximate surface area is 194 Å². The van der Waals surface area contributed by atoms with Crippen LogP contribution in [0.2, 0.25) is 0 Å². The molecule has 0 aliphatic carbocycles. The van der Waals surface area contributed by atoms with Gasteiger partial charge in [-0.2, -0.15) is 0 Å². The van der Waals surface area contributed by atoms with Crippen LogP contribution >= 0.6 is 11.3 Å². The molecule has 0 atom stereocenters. The van der Waals surface area contributed by atoms with Crippen LogP contribution in [0.1, 0.15) is 45.0 Å². The van der Waals surface area contributed by atoms with E-state index in [9.17, 15) is 4.79 Å². The first kappa shape index (κ1) is 22.5. The molecular weight excluding hydrogens is 418 g/mol. The summed E-state index contributed by atoms with van der Waals surface area (Å²) in [4.78, 5) is 22.3. The van der Waals surface area contributed by atoms with Crippen molar-refractivity contribution in [2.45, 2.75) is 39.8 Å². The number of benzene rings is 2. The average molecular weight is 450 g/mol. The third kappa shape index (κ3) is 5.75. The number of ether oxygens (including phenoxy) is 1. The number of aromatic nitrogens is 1. The Morgan fingerprint density at radius 1 is 1.09 bits per heavy atom. The van der Waals surface area contributed by atoms with Crippen molar-refractivity contribution in [2.24, 2.45) is 0 Å². The number of carbonyl (C=O) groups excluding carboxylic acids is 1. The van der Waals surface area contributed by atoms with Crippen molar-refractivity contribution in [3.05, 3.63) is 81.3 Å². The van der Waals surface area contributed by atoms with Gasteiger partial charge in [0, 0.05) is 24.0 Å². The molecular formula is C26H31N3O2S. The summed E-state index contributed by atoms with van der Waals surface area (Å²) >= 11 is 1.59. The average Bonchev–Trinajstić information content (AvgIpc) is 3.50. The lowest BCUT2D eigenvalue weighted by molar-refractivity contribution is 0.0725. The van der Waals surface area contributed by atoms with Gasteiger partial charge in [0.25, 0.3) is 5.91 Å². The maximum absolute atomic E-state index is 13.2. The molecule has 32 heavy (non-hydrogen) atoms. The van der Waals surface area contributed by atoms with E-state index >= 15 is 0 Å². The van der Waals surface area contributed by atoms with E-state index < -0.39 is 0 Å². The van der Waals surface area contributed by atoms with Gasteiger partial charge in [-0.3, -0.25) is 4.79 Å². The van der Waals surface area contributed by atoms with Gasteiger partial charge in [0.15, 0.2) is 0 Å². The summed E-state index contributed by atoms with van der Waals surface area (Å²) in [6, 6.07) is 15.6. The maximum atomic E-state index is 13.2. The molecule has 1 fully saturated rings. The molecule has 1 aliphatic rings. The minimum Gasteiger partial charge on any atom is -0.486 e. The SMILES string of the molecule is Cc1cccc(OCc2nc(CN(CCN3CCCC3)C(=O)c3ccccc3)cs2)c1C. The zero-order valence-electron chi connectivity index (χ0n) is 18.9. The Morgan fingerprint density at radius 3 is 2.66 bits per heavy atom. The van der Waals surface area contributed by atoms with E-state index in [1.54, 1.807) is 11.3 Å². The topological polar surface area (TPSA) is 45.7 Å². The van der Waals surface area contributed by atoms with Crippen LogP contribution in [0.25, 0.3) is 0 Å². The quantitative estimate of drug-likeness (QED) is 0.457. The molecule has 0 unspecified atom stereocenters. The molecule has 3 aromatic rings. The van der Waals surface area contributed by atoms with Gasteiger partial charge in [-0.25, -0.2) is 4.98 Å². The van der Waals surface area contributed by atoms with Crippen LogP contribution in [0.15, 0.2) is 53.9 Å². The standard InChI is InChI=1S/C26H31N3O2S/c1-20-9-8-12-24(21(20)2)31-18-25-27-23(19-32-25)17-29(16-15-28-13-6-7-14-28)26(30)22-10-4-3-5-11-22/h3-5,8-12,19H,6-7,13-18H2,1-2H3. The third-order valence-electron chi connectivity index (χ3n) is 6.05. The Kier molecular flexibility index (Phi) is 7.55. The van der Waals surface area contributed by atoms with Gasteiger partial charge in [0.05, 0.1) is 12.2 Å². The van der Waals surface area contributed by atoms with Gasteiger partial charge in [-0.15, -0.1) is 11.3 Å². The summed E-state index contributed by atoms with van der Waals surface area (Å²) in [5.74, 6) is 0.958. The first-order valence-corrected chi connectivity index (χ1v) is 12.2. The summed E-state index contributed by atoms with van der Waals surface area (Å²) < 4.78 is 6.01. The molecule has 1 saturated heterocycles. The molecule has 0 radical (unpaired) electrons. The molecule has 1 aromatic heterocycles. The predicted molar refractivity (Wildman–Crippen MR) is 129 cm³/mol. The number of nitrogens with zero attached hydrogens (tertiary/aromatic N) is 3. The van der Waals surface area contributed by atoms with Crippen molar-refractivity contribution in [1.29, 1.82) is 0 Å². The third-order valence-corrected chi connectivity index (χ3v) is 6.92. The Hall–Kier alpha value is -2.70. The number of likely N-dealkylation sites (tertiary alicyclic amines) is 1. The fourth-order valence-corrected chi connectivity index (χ4v) is 4.68. The van der Waals surface area contributed by atoms with E-state index in [0.717, 1.165) is 47.2 Å². The molecule has 1 aliphatic heterocycles. The van der Waals surface area contributed by atoms with Crippen LogP contribution in [-0.2, 0) is 13.2 Å². The Balaban J connectivity index is 1.41. The van der Waals surface area contributed by atoms with Crippen LogP contribution in [0.4, 0.5) is 0 Å². The fraction of sp³-hybridized carbons (Fsp3) is 0.385. The first-order valence-electron chi connectivity index (χ1n) is 11.3. The van der Waals surface area contributed by atoms with E-state index in [1.165, 1.54) is 18.4 Å². The summed E-state index contributed by atoms with van der Waals surface area (Å²) in [7, 11) is 0. The second-order valence-corrected chi connectivity index (χ2v) is 9.30. The lowest BCUT2D eigenvalue weighted by Gasteiger charge is -2.25. The smallest absolute Gasteiger partial charge is 0.254 e. The first-order chi connectivity index (χ1) is 15.6. The lowest BCUT2D eigenvalue weighted by Crippen LogP contribution is -2.37. The number of rotatable bonds is 9. The highest BCUT2D eigenvalue weighted by Gasteiger charge is 2.20. The maximum Gasteiger partial charge on any atom is 0.254 e. The molecule has 0 N–H and O–H groups in total. The molecule has 0 saturated carbocycles. The second-order valence-electron chi connectivity index (χ2n) is 8.36. The van der Waals surface area contributed by atoms with Gasteiger partial charge in [0.1, 0.15) is 17.4 Å². The summed E-state index contributed by atoms with van der Waals surface area (Å²) in [6.07, 6.45) is 2.50. The van der Waals surface area contributed by atoms with Gasteiger partial charge in [0.2, 0.25) is 0 Å². The molecule has 0 spiro atoms. The highest BCUT2D eigenvalue weighted by Crippen LogP contribution is 2.23. The highest BCUT2D eigenvalue weighted by molar-refractivity contribution is 7.09. The van der Waals surface area contributed by atoms with Crippen molar-refractivity contribution in [1.82, 2.24) is 14.8 Å². The van der Waals surface area contributed by atoms with E-state index in [4.69, 9.17) is 9.72 Å². The normalized spacial score (nSPS) is 13.9.